The summed E-state index contributed by atoms with van der Waals surface area (Å²) < 4.78 is 5.49. The number of hydrogen-bond donors (Lipinski definition) is 3. The number of likely N-dealkylation sites (tertiary alicyclic amines) is 1. The second-order valence-electron chi connectivity index (χ2n) is 9.31. The summed E-state index contributed by atoms with van der Waals surface area (Å²) in [7, 11) is 0. The van der Waals surface area contributed by atoms with Crippen LogP contribution in [0.25, 0.3) is 0 Å². The normalized spacial score (nSPS) is 17.3. The van der Waals surface area contributed by atoms with Crippen LogP contribution in [0.2, 0.25) is 0 Å². The molecule has 0 bridgehead atoms. The average Bonchev–Trinajstić information content (AvgIpc) is 3.00. The number of rotatable bonds is 5. The number of nitrogens with two attached hydrogens (primary N) is 1. The van der Waals surface area contributed by atoms with Crippen LogP contribution in [0.1, 0.15) is 35.1 Å². The van der Waals surface area contributed by atoms with Crippen LogP contribution >= 0.6 is 0 Å². The van der Waals surface area contributed by atoms with Gasteiger partial charge in [-0.15, -0.1) is 0 Å². The Balaban J connectivity index is 1.33. The Morgan fingerprint density at radius 2 is 1.80 bits per heavy atom. The lowest BCUT2D eigenvalue weighted by Gasteiger charge is -2.37. The van der Waals surface area contributed by atoms with Gasteiger partial charge in [0.25, 0.3) is 5.91 Å². The minimum atomic E-state index is -1.11. The lowest BCUT2D eigenvalue weighted by molar-refractivity contribution is -0.126. The van der Waals surface area contributed by atoms with Gasteiger partial charge in [0.1, 0.15) is 5.75 Å². The first-order valence-corrected chi connectivity index (χ1v) is 11.9. The molecule has 0 radical (unpaired) electrons. The van der Waals surface area contributed by atoms with E-state index in [9.17, 15) is 19.5 Å². The summed E-state index contributed by atoms with van der Waals surface area (Å²) in [6, 6.07) is 11.2. The van der Waals surface area contributed by atoms with E-state index in [1.807, 2.05) is 29.2 Å². The third kappa shape index (κ3) is 5.50. The number of aryl methyl sites for hydroxylation is 2. The van der Waals surface area contributed by atoms with Gasteiger partial charge in [-0.1, -0.05) is 30.3 Å². The number of phenolic OH excluding ortho intramolecular Hbond substituents is 1. The van der Waals surface area contributed by atoms with Gasteiger partial charge < -0.3 is 30.7 Å². The van der Waals surface area contributed by atoms with Crippen LogP contribution in [0.5, 0.6) is 5.75 Å². The van der Waals surface area contributed by atoms with Gasteiger partial charge in [-0.2, -0.15) is 0 Å². The number of anilines is 1. The number of piperidine rings is 1. The lowest BCUT2D eigenvalue weighted by atomic mass is 10.0. The maximum atomic E-state index is 12.8. The number of urea groups is 1. The molecule has 1 atom stereocenters. The standard InChI is InChI=1S/C26H32N4O5/c1-16-13-18(14-17(2)23(16)31)15-22(24(27)32)35-26(34)29-10-8-20(9-11-29)30-12-7-19-5-3-4-6-21(19)28-25(30)33/h3-6,13-14,20,22,31H,7-12,15H2,1-2H3,(H2,27,32)(H,28,33)/t22-/m1/s1. The number of nitrogens with zero attached hydrogens (tertiary/aromatic N) is 2. The highest BCUT2D eigenvalue weighted by Crippen LogP contribution is 2.26. The number of carbonyl (C=O) groups excluding carboxylic acids is 3. The molecule has 35 heavy (non-hydrogen) atoms. The van der Waals surface area contributed by atoms with Gasteiger partial charge in [-0.25, -0.2) is 9.59 Å². The van der Waals surface area contributed by atoms with Gasteiger partial charge in [-0.05, 0) is 61.4 Å². The number of nitrogens with one attached hydrogen (secondary N) is 1. The van der Waals surface area contributed by atoms with Crippen LogP contribution in [-0.4, -0.2) is 64.7 Å². The summed E-state index contributed by atoms with van der Waals surface area (Å²) >= 11 is 0. The largest absolute Gasteiger partial charge is 0.507 e. The Labute approximate surface area is 204 Å². The van der Waals surface area contributed by atoms with Crippen molar-refractivity contribution in [2.75, 3.05) is 25.0 Å². The van der Waals surface area contributed by atoms with Gasteiger partial charge in [-0.3, -0.25) is 4.79 Å². The molecule has 0 saturated carbocycles. The number of phenols is 1. The van der Waals surface area contributed by atoms with Crippen molar-refractivity contribution in [3.8, 4) is 5.75 Å². The molecule has 2 aromatic rings. The van der Waals surface area contributed by atoms with E-state index in [-0.39, 0.29) is 24.2 Å². The average molecular weight is 481 g/mol. The molecule has 2 heterocycles. The number of primary amides is 1. The first-order chi connectivity index (χ1) is 16.7. The molecule has 4 rings (SSSR count). The van der Waals surface area contributed by atoms with Crippen molar-refractivity contribution in [2.45, 2.75) is 51.7 Å². The second-order valence-corrected chi connectivity index (χ2v) is 9.31. The molecule has 0 aromatic heterocycles. The number of hydrogen-bond acceptors (Lipinski definition) is 5. The zero-order valence-corrected chi connectivity index (χ0v) is 20.1. The summed E-state index contributed by atoms with van der Waals surface area (Å²) in [5, 5.41) is 13.0. The molecule has 9 heteroatoms. The summed E-state index contributed by atoms with van der Waals surface area (Å²) in [5.74, 6) is -0.524. The fourth-order valence-corrected chi connectivity index (χ4v) is 4.87. The topological polar surface area (TPSA) is 125 Å². The SMILES string of the molecule is Cc1cc(C[C@@H](OC(=O)N2CCC(N3CCc4ccccc4NC3=O)CC2)C(N)=O)cc(C)c1O. The van der Waals surface area contributed by atoms with Gasteiger partial charge >= 0.3 is 12.1 Å². The Morgan fingerprint density at radius 1 is 1.14 bits per heavy atom. The number of para-hydroxylation sites is 1. The van der Waals surface area contributed by atoms with E-state index < -0.39 is 18.1 Å². The highest BCUT2D eigenvalue weighted by Gasteiger charge is 2.33. The van der Waals surface area contributed by atoms with E-state index in [0.717, 1.165) is 23.2 Å². The molecule has 9 nitrogen and oxygen atoms in total. The third-order valence-corrected chi connectivity index (χ3v) is 6.84. The van der Waals surface area contributed by atoms with Gasteiger partial charge in [0, 0.05) is 37.8 Å². The summed E-state index contributed by atoms with van der Waals surface area (Å²) in [4.78, 5) is 41.0. The van der Waals surface area contributed by atoms with Crippen molar-refractivity contribution in [3.05, 3.63) is 58.7 Å². The maximum absolute atomic E-state index is 12.8. The molecule has 2 aromatic carbocycles. The summed E-state index contributed by atoms with van der Waals surface area (Å²) in [6.07, 6.45) is 0.444. The van der Waals surface area contributed by atoms with Crippen LogP contribution in [0.4, 0.5) is 15.3 Å². The van der Waals surface area contributed by atoms with E-state index in [1.54, 1.807) is 30.9 Å². The van der Waals surface area contributed by atoms with Gasteiger partial charge in [0.2, 0.25) is 0 Å². The Morgan fingerprint density at radius 3 is 2.46 bits per heavy atom. The molecule has 0 aliphatic carbocycles. The van der Waals surface area contributed by atoms with Crippen molar-refractivity contribution >= 4 is 23.7 Å². The number of carbonyl (C=O) groups is 3. The van der Waals surface area contributed by atoms with E-state index in [2.05, 4.69) is 5.32 Å². The molecule has 0 spiro atoms. The van der Waals surface area contributed by atoms with Gasteiger partial charge in [0.15, 0.2) is 6.10 Å². The molecule has 4 N–H and O–H groups in total. The minimum Gasteiger partial charge on any atom is -0.507 e. The maximum Gasteiger partial charge on any atom is 0.410 e. The van der Waals surface area contributed by atoms with Crippen molar-refractivity contribution < 1.29 is 24.2 Å². The number of benzene rings is 2. The quantitative estimate of drug-likeness (QED) is 0.606. The lowest BCUT2D eigenvalue weighted by Crippen LogP contribution is -2.50. The Bertz CT molecular complexity index is 1100. The van der Waals surface area contributed by atoms with Crippen molar-refractivity contribution in [1.82, 2.24) is 9.80 Å². The smallest absolute Gasteiger partial charge is 0.410 e. The van der Waals surface area contributed by atoms with E-state index in [0.29, 0.717) is 43.6 Å². The van der Waals surface area contributed by atoms with Gasteiger partial charge in [0.05, 0.1) is 0 Å². The zero-order valence-electron chi connectivity index (χ0n) is 20.1. The fourth-order valence-electron chi connectivity index (χ4n) is 4.87. The van der Waals surface area contributed by atoms with E-state index in [1.165, 1.54) is 0 Å². The van der Waals surface area contributed by atoms with Crippen LogP contribution in [0.3, 0.4) is 0 Å². The first kappa shape index (κ1) is 24.4. The third-order valence-electron chi connectivity index (χ3n) is 6.84. The number of fused-ring (bicyclic) bond motifs is 1. The van der Waals surface area contributed by atoms with Crippen LogP contribution in [-0.2, 0) is 22.4 Å². The minimum absolute atomic E-state index is 0.0169. The Hall–Kier alpha value is -3.75. The highest BCUT2D eigenvalue weighted by molar-refractivity contribution is 5.91. The monoisotopic (exact) mass is 480 g/mol. The first-order valence-electron chi connectivity index (χ1n) is 11.9. The molecule has 4 amide bonds. The summed E-state index contributed by atoms with van der Waals surface area (Å²) in [5.41, 5.74) is 9.58. The summed E-state index contributed by atoms with van der Waals surface area (Å²) in [6.45, 7) is 4.99. The van der Waals surface area contributed by atoms with Crippen molar-refractivity contribution in [1.29, 1.82) is 0 Å². The Kier molecular flexibility index (Phi) is 7.14. The second kappa shape index (κ2) is 10.2. The highest BCUT2D eigenvalue weighted by atomic mass is 16.6. The predicted octanol–water partition coefficient (Wildman–Crippen LogP) is 3.10. The molecule has 2 aliphatic heterocycles. The van der Waals surface area contributed by atoms with Crippen LogP contribution < -0.4 is 11.1 Å². The van der Waals surface area contributed by atoms with Crippen molar-refractivity contribution in [3.63, 3.8) is 0 Å². The fraction of sp³-hybridized carbons (Fsp3) is 0.423. The van der Waals surface area contributed by atoms with Crippen LogP contribution in [0, 0.1) is 13.8 Å². The predicted molar refractivity (Wildman–Crippen MR) is 131 cm³/mol. The number of aromatic hydroxyl groups is 1. The van der Waals surface area contributed by atoms with E-state index >= 15 is 0 Å². The van der Waals surface area contributed by atoms with Crippen LogP contribution in [0.15, 0.2) is 36.4 Å². The molecule has 0 unspecified atom stereocenters. The molecule has 1 fully saturated rings. The molecular weight excluding hydrogens is 448 g/mol. The molecule has 1 saturated heterocycles. The molecule has 2 aliphatic rings. The molecule has 186 valence electrons. The van der Waals surface area contributed by atoms with Crippen molar-refractivity contribution in [2.24, 2.45) is 5.73 Å². The zero-order chi connectivity index (χ0) is 25.1. The number of ether oxygens (including phenoxy) is 1. The molecular formula is C26H32N4O5. The number of amides is 4. The van der Waals surface area contributed by atoms with E-state index in [4.69, 9.17) is 10.5 Å².